The summed E-state index contributed by atoms with van der Waals surface area (Å²) < 4.78 is 13.6. The number of H-pyrrole nitrogens is 1. The van der Waals surface area contributed by atoms with E-state index in [4.69, 9.17) is 0 Å². The topological polar surface area (TPSA) is 52.2 Å². The Morgan fingerprint density at radius 3 is 2.35 bits per heavy atom. The Morgan fingerprint density at radius 2 is 1.62 bits per heavy atom. The average Bonchev–Trinajstić information content (AvgIpc) is 3.05. The van der Waals surface area contributed by atoms with Gasteiger partial charge in [0.25, 0.3) is 0 Å². The lowest BCUT2D eigenvalue weighted by Crippen LogP contribution is -2.39. The molecule has 0 aliphatic carbocycles. The summed E-state index contributed by atoms with van der Waals surface area (Å²) >= 11 is 0. The predicted molar refractivity (Wildman–Crippen MR) is 117 cm³/mol. The molecule has 3 N–H and O–H groups in total. The highest BCUT2D eigenvalue weighted by molar-refractivity contribution is 14.0. The number of rotatable bonds is 6. The number of aliphatic imine (C=N–C) groups is 1. The quantitative estimate of drug-likeness (QED) is 0.294. The van der Waals surface area contributed by atoms with Crippen LogP contribution in [0.4, 0.5) is 4.39 Å². The minimum absolute atomic E-state index is 0. The molecule has 0 aliphatic rings. The molecular formula is C20H24FIN4. The molecule has 0 bridgehead atoms. The van der Waals surface area contributed by atoms with Gasteiger partial charge < -0.3 is 15.6 Å². The Morgan fingerprint density at radius 1 is 0.962 bits per heavy atom. The van der Waals surface area contributed by atoms with E-state index in [9.17, 15) is 4.39 Å². The molecule has 1 heterocycles. The van der Waals surface area contributed by atoms with Gasteiger partial charge in [0.15, 0.2) is 5.96 Å². The number of nitrogens with zero attached hydrogens (tertiary/aromatic N) is 1. The number of para-hydroxylation sites is 1. The maximum absolute atomic E-state index is 13.6. The van der Waals surface area contributed by atoms with Gasteiger partial charge in [-0.3, -0.25) is 4.99 Å². The van der Waals surface area contributed by atoms with E-state index in [0.717, 1.165) is 24.4 Å². The molecule has 0 fully saturated rings. The molecule has 4 nitrogen and oxygen atoms in total. The van der Waals surface area contributed by atoms with Crippen molar-refractivity contribution in [1.29, 1.82) is 0 Å². The molecule has 0 saturated heterocycles. The van der Waals surface area contributed by atoms with Gasteiger partial charge in [0.05, 0.1) is 0 Å². The molecule has 0 aliphatic heterocycles. The number of hydrogen-bond acceptors (Lipinski definition) is 1. The van der Waals surface area contributed by atoms with E-state index < -0.39 is 0 Å². The molecule has 0 radical (unpaired) electrons. The molecule has 3 aromatic rings. The first kappa shape index (κ1) is 20.2. The second-order valence-corrected chi connectivity index (χ2v) is 5.88. The van der Waals surface area contributed by atoms with Crippen LogP contribution in [0.25, 0.3) is 10.9 Å². The fraction of sp³-hybridized carbons (Fsp3) is 0.250. The Labute approximate surface area is 170 Å². The highest BCUT2D eigenvalue weighted by Crippen LogP contribution is 2.17. The van der Waals surface area contributed by atoms with E-state index in [0.29, 0.717) is 18.5 Å². The number of aromatic nitrogens is 1. The van der Waals surface area contributed by atoms with E-state index in [1.165, 1.54) is 17.0 Å². The van der Waals surface area contributed by atoms with Crippen molar-refractivity contribution in [3.63, 3.8) is 0 Å². The molecule has 6 heteroatoms. The number of hydrogen-bond donors (Lipinski definition) is 3. The van der Waals surface area contributed by atoms with Crippen LogP contribution < -0.4 is 10.6 Å². The van der Waals surface area contributed by atoms with Gasteiger partial charge in [0, 0.05) is 37.2 Å². The van der Waals surface area contributed by atoms with Crippen LogP contribution in [0.2, 0.25) is 0 Å². The molecule has 3 rings (SSSR count). The highest BCUT2D eigenvalue weighted by Gasteiger charge is 2.04. The fourth-order valence-corrected chi connectivity index (χ4v) is 2.89. The van der Waals surface area contributed by atoms with Gasteiger partial charge in [-0.1, -0.05) is 36.4 Å². The Bertz CT molecular complexity index is 860. The van der Waals surface area contributed by atoms with E-state index in [1.807, 2.05) is 18.2 Å². The number of guanidine groups is 1. The smallest absolute Gasteiger partial charge is 0.190 e. The first-order chi connectivity index (χ1) is 12.3. The minimum Gasteiger partial charge on any atom is -0.361 e. The van der Waals surface area contributed by atoms with Crippen LogP contribution in [0.15, 0.2) is 59.7 Å². The van der Waals surface area contributed by atoms with E-state index >= 15 is 0 Å². The van der Waals surface area contributed by atoms with Crippen molar-refractivity contribution >= 4 is 40.8 Å². The van der Waals surface area contributed by atoms with Gasteiger partial charge in [-0.05, 0) is 36.1 Å². The first-order valence-electron chi connectivity index (χ1n) is 8.51. The molecular weight excluding hydrogens is 442 g/mol. The van der Waals surface area contributed by atoms with Gasteiger partial charge >= 0.3 is 0 Å². The summed E-state index contributed by atoms with van der Waals surface area (Å²) in [7, 11) is 1.74. The van der Waals surface area contributed by atoms with Crippen molar-refractivity contribution in [1.82, 2.24) is 15.6 Å². The van der Waals surface area contributed by atoms with Crippen molar-refractivity contribution in [2.45, 2.75) is 12.8 Å². The maximum atomic E-state index is 13.6. The zero-order valence-corrected chi connectivity index (χ0v) is 17.1. The third-order valence-electron chi connectivity index (χ3n) is 4.23. The Kier molecular flexibility index (Phi) is 7.90. The van der Waals surface area contributed by atoms with Crippen LogP contribution in [0.1, 0.15) is 11.1 Å². The molecule has 2 aromatic carbocycles. The molecule has 0 saturated carbocycles. The number of fused-ring (bicyclic) bond motifs is 1. The number of nitrogens with one attached hydrogen (secondary N) is 3. The van der Waals surface area contributed by atoms with E-state index in [2.05, 4.69) is 45.0 Å². The summed E-state index contributed by atoms with van der Waals surface area (Å²) in [6.45, 7) is 1.41. The lowest BCUT2D eigenvalue weighted by atomic mass is 10.1. The van der Waals surface area contributed by atoms with Crippen LogP contribution >= 0.6 is 24.0 Å². The first-order valence-corrected chi connectivity index (χ1v) is 8.51. The van der Waals surface area contributed by atoms with Gasteiger partial charge in [-0.25, -0.2) is 4.39 Å². The molecule has 138 valence electrons. The third kappa shape index (κ3) is 5.20. The van der Waals surface area contributed by atoms with Crippen LogP contribution in [-0.4, -0.2) is 31.1 Å². The van der Waals surface area contributed by atoms with Crippen molar-refractivity contribution in [3.05, 3.63) is 71.7 Å². The molecule has 26 heavy (non-hydrogen) atoms. The third-order valence-corrected chi connectivity index (χ3v) is 4.23. The lowest BCUT2D eigenvalue weighted by Gasteiger charge is -2.12. The van der Waals surface area contributed by atoms with Crippen molar-refractivity contribution in [2.24, 2.45) is 4.99 Å². The summed E-state index contributed by atoms with van der Waals surface area (Å²) in [6, 6.07) is 15.1. The zero-order valence-electron chi connectivity index (χ0n) is 14.8. The Balaban J connectivity index is 0.00000243. The SMILES string of the molecule is CN=C(NCCc1ccccc1F)NCCc1c[nH]c2ccccc12.I. The predicted octanol–water partition coefficient (Wildman–Crippen LogP) is 3.88. The average molecular weight is 466 g/mol. The van der Waals surface area contributed by atoms with Crippen molar-refractivity contribution in [3.8, 4) is 0 Å². The van der Waals surface area contributed by atoms with Crippen LogP contribution in [0, 0.1) is 5.82 Å². The maximum Gasteiger partial charge on any atom is 0.190 e. The summed E-state index contributed by atoms with van der Waals surface area (Å²) in [5.41, 5.74) is 3.15. The summed E-state index contributed by atoms with van der Waals surface area (Å²) in [6.07, 6.45) is 3.58. The summed E-state index contributed by atoms with van der Waals surface area (Å²) in [4.78, 5) is 7.50. The van der Waals surface area contributed by atoms with Gasteiger partial charge in [-0.15, -0.1) is 24.0 Å². The minimum atomic E-state index is -0.161. The van der Waals surface area contributed by atoms with Gasteiger partial charge in [-0.2, -0.15) is 0 Å². The monoisotopic (exact) mass is 466 g/mol. The second kappa shape index (κ2) is 10.2. The lowest BCUT2D eigenvalue weighted by molar-refractivity contribution is 0.606. The van der Waals surface area contributed by atoms with E-state index in [1.54, 1.807) is 13.1 Å². The van der Waals surface area contributed by atoms with Crippen molar-refractivity contribution < 1.29 is 4.39 Å². The summed E-state index contributed by atoms with van der Waals surface area (Å²) in [5.74, 6) is 0.572. The standard InChI is InChI=1S/C20H23FN4.HI/c1-22-20(23-12-10-15-6-2-4-8-18(15)21)24-13-11-16-14-25-19-9-5-3-7-17(16)19;/h2-9,14,25H,10-13H2,1H3,(H2,22,23,24);1H. The number of aromatic amines is 1. The molecule has 1 aromatic heterocycles. The number of benzene rings is 2. The second-order valence-electron chi connectivity index (χ2n) is 5.88. The largest absolute Gasteiger partial charge is 0.361 e. The van der Waals surface area contributed by atoms with E-state index in [-0.39, 0.29) is 29.8 Å². The molecule has 0 atom stereocenters. The normalized spacial score (nSPS) is 11.2. The van der Waals surface area contributed by atoms with Gasteiger partial charge in [0.1, 0.15) is 5.82 Å². The van der Waals surface area contributed by atoms with Crippen LogP contribution in [0.5, 0.6) is 0 Å². The highest BCUT2D eigenvalue weighted by atomic mass is 127. The number of halogens is 2. The molecule has 0 spiro atoms. The zero-order chi connectivity index (χ0) is 17.5. The Hall–Kier alpha value is -2.09. The fourth-order valence-electron chi connectivity index (χ4n) is 2.89. The molecule has 0 amide bonds. The summed E-state index contributed by atoms with van der Waals surface area (Å²) in [5, 5.41) is 7.79. The van der Waals surface area contributed by atoms with Crippen molar-refractivity contribution in [2.75, 3.05) is 20.1 Å². The molecule has 0 unspecified atom stereocenters. The van der Waals surface area contributed by atoms with Crippen LogP contribution in [-0.2, 0) is 12.8 Å². The van der Waals surface area contributed by atoms with Gasteiger partial charge in [0.2, 0.25) is 0 Å². The van der Waals surface area contributed by atoms with Crippen LogP contribution in [0.3, 0.4) is 0 Å².